The van der Waals surface area contributed by atoms with Crippen molar-refractivity contribution in [2.75, 3.05) is 18.0 Å². The molecule has 9 heteroatoms. The Labute approximate surface area is 172 Å². The minimum Gasteiger partial charge on any atom is -0.341 e. The van der Waals surface area contributed by atoms with Crippen molar-refractivity contribution < 1.29 is 27.6 Å². The summed E-state index contributed by atoms with van der Waals surface area (Å²) in [5.41, 5.74) is 1.57. The van der Waals surface area contributed by atoms with E-state index in [1.54, 1.807) is 34.5 Å². The number of carbonyl (C=O) groups is 3. The topological polar surface area (TPSA) is 78.5 Å². The van der Waals surface area contributed by atoms with Crippen LogP contribution in [-0.2, 0) is 11.3 Å². The lowest BCUT2D eigenvalue weighted by Gasteiger charge is -2.23. The van der Waals surface area contributed by atoms with Gasteiger partial charge >= 0.3 is 18.1 Å². The number of urea groups is 1. The number of amides is 3. The zero-order chi connectivity index (χ0) is 22.1. The van der Waals surface area contributed by atoms with Crippen LogP contribution >= 0.6 is 0 Å². The number of alkyl halides is 3. The van der Waals surface area contributed by atoms with Gasteiger partial charge in [0.05, 0.1) is 13.1 Å². The molecule has 0 saturated heterocycles. The Hall–Kier alpha value is -3.36. The van der Waals surface area contributed by atoms with Crippen molar-refractivity contribution in [3.63, 3.8) is 0 Å². The third-order valence-corrected chi connectivity index (χ3v) is 4.12. The maximum atomic E-state index is 12.5. The third kappa shape index (κ3) is 6.61. The van der Waals surface area contributed by atoms with Gasteiger partial charge in [-0.3, -0.25) is 14.5 Å². The number of para-hydroxylation sites is 1. The van der Waals surface area contributed by atoms with Gasteiger partial charge in [-0.05, 0) is 24.1 Å². The second kappa shape index (κ2) is 10.4. The molecule has 2 aromatic rings. The number of rotatable bonds is 8. The van der Waals surface area contributed by atoms with Gasteiger partial charge in [0, 0.05) is 17.8 Å². The fraction of sp³-hybridized carbons (Fsp3) is 0.286. The first-order valence-corrected chi connectivity index (χ1v) is 9.30. The summed E-state index contributed by atoms with van der Waals surface area (Å²) >= 11 is 0. The summed E-state index contributed by atoms with van der Waals surface area (Å²) in [6.07, 6.45) is -4.25. The van der Waals surface area contributed by atoms with E-state index < -0.39 is 24.4 Å². The van der Waals surface area contributed by atoms with E-state index in [1.165, 1.54) is 12.1 Å². The van der Waals surface area contributed by atoms with Gasteiger partial charge in [-0.2, -0.15) is 13.2 Å². The van der Waals surface area contributed by atoms with E-state index in [2.05, 4.69) is 5.32 Å². The predicted octanol–water partition coefficient (Wildman–Crippen LogP) is 3.67. The molecular formula is C21H22F3N3O3. The van der Waals surface area contributed by atoms with Crippen molar-refractivity contribution in [1.82, 2.24) is 10.6 Å². The van der Waals surface area contributed by atoms with Crippen LogP contribution in [0.25, 0.3) is 0 Å². The molecule has 0 unspecified atom stereocenters. The van der Waals surface area contributed by atoms with Crippen LogP contribution in [-0.4, -0.2) is 37.0 Å². The standard InChI is InChI=1S/C21H22F3N3O3/c1-2-12-25-20(30)27(17-6-4-3-5-7-17)14-15-8-10-16(11-9-15)18(28)13-26-19(29)21(22,23)24/h3-11H,2,12-14H2,1H3,(H,25,30)(H,26,29). The normalized spacial score (nSPS) is 10.9. The fourth-order valence-corrected chi connectivity index (χ4v) is 2.56. The lowest BCUT2D eigenvalue weighted by Crippen LogP contribution is -2.40. The predicted molar refractivity (Wildman–Crippen MR) is 106 cm³/mol. The molecule has 0 fully saturated rings. The molecule has 0 aromatic heterocycles. The van der Waals surface area contributed by atoms with Gasteiger partial charge in [-0.1, -0.05) is 49.4 Å². The summed E-state index contributed by atoms with van der Waals surface area (Å²) < 4.78 is 36.6. The number of Topliss-reactive ketones (excluding diaryl/α,β-unsaturated/α-hetero) is 1. The Morgan fingerprint density at radius 3 is 2.13 bits per heavy atom. The molecule has 0 atom stereocenters. The van der Waals surface area contributed by atoms with Gasteiger partial charge in [-0.15, -0.1) is 0 Å². The number of carbonyl (C=O) groups excluding carboxylic acids is 3. The smallest absolute Gasteiger partial charge is 0.341 e. The molecule has 0 spiro atoms. The third-order valence-electron chi connectivity index (χ3n) is 4.12. The minimum atomic E-state index is -5.04. The van der Waals surface area contributed by atoms with Crippen molar-refractivity contribution in [2.45, 2.75) is 26.1 Å². The van der Waals surface area contributed by atoms with Crippen LogP contribution in [0.15, 0.2) is 54.6 Å². The van der Waals surface area contributed by atoms with Crippen molar-refractivity contribution in [2.24, 2.45) is 0 Å². The maximum absolute atomic E-state index is 12.5. The summed E-state index contributed by atoms with van der Waals surface area (Å²) in [5, 5.41) is 4.37. The van der Waals surface area contributed by atoms with E-state index in [4.69, 9.17) is 0 Å². The molecule has 3 amide bonds. The molecule has 6 nitrogen and oxygen atoms in total. The number of nitrogens with zero attached hydrogens (tertiary/aromatic N) is 1. The van der Waals surface area contributed by atoms with Crippen molar-refractivity contribution in [3.8, 4) is 0 Å². The molecule has 0 aliphatic heterocycles. The zero-order valence-corrected chi connectivity index (χ0v) is 16.3. The second-order valence-corrected chi connectivity index (χ2v) is 6.45. The molecule has 0 aliphatic carbocycles. The van der Waals surface area contributed by atoms with Crippen LogP contribution in [0.3, 0.4) is 0 Å². The molecule has 2 rings (SSSR count). The highest BCUT2D eigenvalue weighted by Crippen LogP contribution is 2.18. The van der Waals surface area contributed by atoms with E-state index in [0.29, 0.717) is 12.2 Å². The summed E-state index contributed by atoms with van der Waals surface area (Å²) in [6.45, 7) is 1.95. The quantitative estimate of drug-likeness (QED) is 0.639. The number of benzene rings is 2. The Kier molecular flexibility index (Phi) is 7.97. The highest BCUT2D eigenvalue weighted by molar-refractivity contribution is 5.99. The molecule has 0 aliphatic rings. The number of hydrogen-bond donors (Lipinski definition) is 2. The summed E-state index contributed by atoms with van der Waals surface area (Å²) in [5.74, 6) is -2.82. The van der Waals surface area contributed by atoms with E-state index in [9.17, 15) is 27.6 Å². The Morgan fingerprint density at radius 2 is 1.57 bits per heavy atom. The molecule has 0 bridgehead atoms. The van der Waals surface area contributed by atoms with E-state index in [-0.39, 0.29) is 18.1 Å². The van der Waals surface area contributed by atoms with Gasteiger partial charge in [-0.25, -0.2) is 4.79 Å². The highest BCUT2D eigenvalue weighted by atomic mass is 19.4. The lowest BCUT2D eigenvalue weighted by molar-refractivity contribution is -0.173. The fourth-order valence-electron chi connectivity index (χ4n) is 2.56. The zero-order valence-electron chi connectivity index (χ0n) is 16.3. The molecule has 0 saturated carbocycles. The van der Waals surface area contributed by atoms with E-state index in [0.717, 1.165) is 12.0 Å². The van der Waals surface area contributed by atoms with Gasteiger partial charge < -0.3 is 10.6 Å². The van der Waals surface area contributed by atoms with Crippen LogP contribution in [0.2, 0.25) is 0 Å². The Morgan fingerprint density at radius 1 is 0.933 bits per heavy atom. The monoisotopic (exact) mass is 421 g/mol. The number of hydrogen-bond acceptors (Lipinski definition) is 3. The number of nitrogens with one attached hydrogen (secondary N) is 2. The van der Waals surface area contributed by atoms with Crippen molar-refractivity contribution >= 4 is 23.4 Å². The molecule has 2 N–H and O–H groups in total. The average molecular weight is 421 g/mol. The van der Waals surface area contributed by atoms with Gasteiger partial charge in [0.15, 0.2) is 5.78 Å². The van der Waals surface area contributed by atoms with E-state index >= 15 is 0 Å². The van der Waals surface area contributed by atoms with Crippen molar-refractivity contribution in [3.05, 3.63) is 65.7 Å². The highest BCUT2D eigenvalue weighted by Gasteiger charge is 2.38. The molecule has 160 valence electrons. The summed E-state index contributed by atoms with van der Waals surface area (Å²) in [4.78, 5) is 36.9. The summed E-state index contributed by atoms with van der Waals surface area (Å²) in [6, 6.07) is 14.9. The second-order valence-electron chi connectivity index (χ2n) is 6.45. The number of halogens is 3. The van der Waals surface area contributed by atoms with Crippen LogP contribution in [0, 0.1) is 0 Å². The first-order valence-electron chi connectivity index (χ1n) is 9.30. The minimum absolute atomic E-state index is 0.155. The van der Waals surface area contributed by atoms with Crippen LogP contribution in [0.5, 0.6) is 0 Å². The molecule has 30 heavy (non-hydrogen) atoms. The Bertz CT molecular complexity index is 869. The number of anilines is 1. The van der Waals surface area contributed by atoms with Gasteiger partial charge in [0.1, 0.15) is 0 Å². The van der Waals surface area contributed by atoms with Crippen LogP contribution < -0.4 is 15.5 Å². The van der Waals surface area contributed by atoms with E-state index in [1.807, 2.05) is 25.1 Å². The lowest BCUT2D eigenvalue weighted by atomic mass is 10.1. The molecular weight excluding hydrogens is 399 g/mol. The van der Waals surface area contributed by atoms with Crippen molar-refractivity contribution in [1.29, 1.82) is 0 Å². The SMILES string of the molecule is CCCNC(=O)N(Cc1ccc(C(=O)CNC(=O)C(F)(F)F)cc1)c1ccccc1. The molecule has 0 heterocycles. The summed E-state index contributed by atoms with van der Waals surface area (Å²) in [7, 11) is 0. The first-order chi connectivity index (χ1) is 14.2. The average Bonchev–Trinajstić information content (AvgIpc) is 2.74. The molecule has 2 aromatic carbocycles. The largest absolute Gasteiger partial charge is 0.471 e. The number of ketones is 1. The van der Waals surface area contributed by atoms with Crippen LogP contribution in [0.1, 0.15) is 29.3 Å². The van der Waals surface area contributed by atoms with Gasteiger partial charge in [0.25, 0.3) is 0 Å². The molecule has 0 radical (unpaired) electrons. The van der Waals surface area contributed by atoms with Crippen LogP contribution in [0.4, 0.5) is 23.7 Å². The van der Waals surface area contributed by atoms with Gasteiger partial charge in [0.2, 0.25) is 0 Å². The maximum Gasteiger partial charge on any atom is 0.471 e. The Balaban J connectivity index is 2.07. The first kappa shape index (κ1) is 22.9.